The van der Waals surface area contributed by atoms with Crippen LogP contribution in [0, 0.1) is 11.8 Å². The van der Waals surface area contributed by atoms with Crippen molar-refractivity contribution in [3.05, 3.63) is 18.2 Å². The van der Waals surface area contributed by atoms with Crippen LogP contribution in [-0.2, 0) is 14.8 Å². The number of carbonyl (C=O) groups is 1. The minimum Gasteiger partial charge on any atom is -0.497 e. The summed E-state index contributed by atoms with van der Waals surface area (Å²) in [5.41, 5.74) is 0. The zero-order valence-electron chi connectivity index (χ0n) is 15.6. The average Bonchev–Trinajstić information content (AvgIpc) is 3.03. The van der Waals surface area contributed by atoms with E-state index in [2.05, 4.69) is 0 Å². The molecule has 0 spiro atoms. The van der Waals surface area contributed by atoms with Crippen LogP contribution in [0.5, 0.6) is 11.5 Å². The summed E-state index contributed by atoms with van der Waals surface area (Å²) in [5, 5.41) is 0. The maximum absolute atomic E-state index is 13.2. The predicted molar refractivity (Wildman–Crippen MR) is 96.8 cm³/mol. The molecule has 0 unspecified atom stereocenters. The third-order valence-electron chi connectivity index (χ3n) is 5.73. The average molecular weight is 382 g/mol. The molecule has 1 aromatic rings. The highest BCUT2D eigenvalue weighted by Crippen LogP contribution is 2.42. The van der Waals surface area contributed by atoms with Crippen molar-refractivity contribution in [2.75, 3.05) is 34.9 Å². The van der Waals surface area contributed by atoms with E-state index in [9.17, 15) is 13.2 Å². The number of carbonyl (C=O) groups excluding carboxylic acids is 1. The van der Waals surface area contributed by atoms with Crippen molar-refractivity contribution in [1.82, 2.24) is 9.21 Å². The van der Waals surface area contributed by atoms with Crippen LogP contribution in [0.1, 0.15) is 19.3 Å². The molecule has 0 aromatic heterocycles. The van der Waals surface area contributed by atoms with Crippen molar-refractivity contribution >= 4 is 15.9 Å². The van der Waals surface area contributed by atoms with E-state index in [-0.39, 0.29) is 22.8 Å². The molecule has 2 aliphatic rings. The summed E-state index contributed by atoms with van der Waals surface area (Å²) < 4.78 is 38.3. The molecule has 1 aliphatic carbocycles. The zero-order chi connectivity index (χ0) is 19.1. The minimum absolute atomic E-state index is 0.102. The van der Waals surface area contributed by atoms with Crippen molar-refractivity contribution in [3.63, 3.8) is 0 Å². The number of likely N-dealkylation sites (tertiary alicyclic amines) is 1. The van der Waals surface area contributed by atoms with Crippen molar-refractivity contribution in [1.29, 1.82) is 0 Å². The molecule has 1 saturated carbocycles. The van der Waals surface area contributed by atoms with Gasteiger partial charge in [-0.25, -0.2) is 8.42 Å². The number of fused-ring (bicyclic) bond motifs is 1. The summed E-state index contributed by atoms with van der Waals surface area (Å²) in [7, 11) is 2.64. The number of benzene rings is 1. The van der Waals surface area contributed by atoms with E-state index in [1.807, 2.05) is 7.05 Å². The van der Waals surface area contributed by atoms with Crippen LogP contribution in [0.15, 0.2) is 23.1 Å². The molecule has 1 aliphatic heterocycles. The van der Waals surface area contributed by atoms with Gasteiger partial charge >= 0.3 is 0 Å². The molecule has 1 aromatic carbocycles. The first-order chi connectivity index (χ1) is 12.3. The maximum atomic E-state index is 13.2. The highest BCUT2D eigenvalue weighted by atomic mass is 32.2. The van der Waals surface area contributed by atoms with Gasteiger partial charge in [0, 0.05) is 39.2 Å². The molecule has 7 nitrogen and oxygen atoms in total. The van der Waals surface area contributed by atoms with E-state index in [4.69, 9.17) is 9.47 Å². The summed E-state index contributed by atoms with van der Waals surface area (Å²) in [4.78, 5) is 13.8. The summed E-state index contributed by atoms with van der Waals surface area (Å²) in [6.07, 6.45) is 1.99. The van der Waals surface area contributed by atoms with E-state index >= 15 is 0 Å². The largest absolute Gasteiger partial charge is 0.497 e. The van der Waals surface area contributed by atoms with Crippen LogP contribution < -0.4 is 9.47 Å². The summed E-state index contributed by atoms with van der Waals surface area (Å²) in [6, 6.07) is 4.64. The van der Waals surface area contributed by atoms with Crippen LogP contribution in [0.3, 0.4) is 0 Å². The van der Waals surface area contributed by atoms with Gasteiger partial charge in [0.15, 0.2) is 0 Å². The standard InChI is InChI=1S/C18H26N2O5S/c1-19-11-13-8-14(7-12(13)9-18(19)21)20(2)26(22,23)17-10-15(24-3)5-6-16(17)25-4/h5-6,10,12-14H,7-9,11H2,1-4H3/t12-,13+,14-/m0/s1. The van der Waals surface area contributed by atoms with Gasteiger partial charge in [-0.05, 0) is 36.8 Å². The van der Waals surface area contributed by atoms with Crippen molar-refractivity contribution < 1.29 is 22.7 Å². The fourth-order valence-corrected chi connectivity index (χ4v) is 5.67. The SMILES string of the molecule is COc1ccc(OC)c(S(=O)(=O)N(C)[C@H]2C[C@H]3CC(=O)N(C)C[C@H]3C2)c1. The second-order valence-corrected chi connectivity index (χ2v) is 9.13. The lowest BCUT2D eigenvalue weighted by Crippen LogP contribution is -2.39. The Hall–Kier alpha value is -1.80. The lowest BCUT2D eigenvalue weighted by Gasteiger charge is -2.31. The normalized spacial score (nSPS) is 26.1. The number of ether oxygens (including phenoxy) is 2. The van der Waals surface area contributed by atoms with Gasteiger partial charge in [-0.3, -0.25) is 4.79 Å². The molecular weight excluding hydrogens is 356 g/mol. The molecule has 0 bridgehead atoms. The van der Waals surface area contributed by atoms with Crippen molar-refractivity contribution in [2.24, 2.45) is 11.8 Å². The Labute approximate surface area is 154 Å². The minimum atomic E-state index is -3.74. The van der Waals surface area contributed by atoms with Crippen LogP contribution in [0.2, 0.25) is 0 Å². The van der Waals surface area contributed by atoms with Gasteiger partial charge in [-0.15, -0.1) is 0 Å². The Morgan fingerprint density at radius 2 is 1.85 bits per heavy atom. The fourth-order valence-electron chi connectivity index (χ4n) is 4.12. The first-order valence-electron chi connectivity index (χ1n) is 8.72. The van der Waals surface area contributed by atoms with Gasteiger partial charge in [0.2, 0.25) is 15.9 Å². The number of sulfonamides is 1. The number of piperidine rings is 1. The number of methoxy groups -OCH3 is 2. The van der Waals surface area contributed by atoms with Crippen LogP contribution >= 0.6 is 0 Å². The van der Waals surface area contributed by atoms with E-state index in [1.54, 1.807) is 24.1 Å². The number of rotatable bonds is 5. The van der Waals surface area contributed by atoms with Gasteiger partial charge < -0.3 is 14.4 Å². The Kier molecular flexibility index (Phi) is 5.16. The first-order valence-corrected chi connectivity index (χ1v) is 10.2. The van der Waals surface area contributed by atoms with E-state index in [0.717, 1.165) is 6.42 Å². The molecule has 26 heavy (non-hydrogen) atoms. The van der Waals surface area contributed by atoms with E-state index < -0.39 is 10.0 Å². The molecule has 0 N–H and O–H groups in total. The van der Waals surface area contributed by atoms with Gasteiger partial charge in [0.1, 0.15) is 16.4 Å². The van der Waals surface area contributed by atoms with Crippen LogP contribution in [0.4, 0.5) is 0 Å². The maximum Gasteiger partial charge on any atom is 0.246 e. The first kappa shape index (κ1) is 19.0. The highest BCUT2D eigenvalue weighted by Gasteiger charge is 2.44. The third-order valence-corrected chi connectivity index (χ3v) is 7.66. The van der Waals surface area contributed by atoms with Crippen molar-refractivity contribution in [3.8, 4) is 11.5 Å². The molecule has 0 radical (unpaired) electrons. The molecule has 144 valence electrons. The molecule has 1 heterocycles. The number of amides is 1. The smallest absolute Gasteiger partial charge is 0.246 e. The van der Waals surface area contributed by atoms with Gasteiger partial charge in [0.25, 0.3) is 0 Å². The predicted octanol–water partition coefficient (Wildman–Crippen LogP) is 1.58. The fraction of sp³-hybridized carbons (Fsp3) is 0.611. The van der Waals surface area contributed by atoms with Gasteiger partial charge in [0.05, 0.1) is 14.2 Å². The molecule has 3 atom stereocenters. The number of hydrogen-bond donors (Lipinski definition) is 0. The van der Waals surface area contributed by atoms with E-state index in [0.29, 0.717) is 36.8 Å². The van der Waals surface area contributed by atoms with Crippen LogP contribution in [0.25, 0.3) is 0 Å². The Morgan fingerprint density at radius 1 is 1.15 bits per heavy atom. The molecule has 2 fully saturated rings. The Morgan fingerprint density at radius 3 is 2.50 bits per heavy atom. The number of nitrogens with zero attached hydrogens (tertiary/aromatic N) is 2. The monoisotopic (exact) mass is 382 g/mol. The lowest BCUT2D eigenvalue weighted by molar-refractivity contribution is -0.134. The molecule has 8 heteroatoms. The summed E-state index contributed by atoms with van der Waals surface area (Å²) >= 11 is 0. The number of hydrogen-bond acceptors (Lipinski definition) is 5. The van der Waals surface area contributed by atoms with Crippen molar-refractivity contribution in [2.45, 2.75) is 30.2 Å². The molecular formula is C18H26N2O5S. The van der Waals surface area contributed by atoms with Gasteiger partial charge in [-0.1, -0.05) is 0 Å². The molecule has 3 rings (SSSR count). The van der Waals surface area contributed by atoms with Crippen LogP contribution in [-0.4, -0.2) is 64.4 Å². The quantitative estimate of drug-likeness (QED) is 0.773. The third kappa shape index (κ3) is 3.27. The Bertz CT molecular complexity index is 795. The highest BCUT2D eigenvalue weighted by molar-refractivity contribution is 7.89. The molecule has 1 amide bonds. The molecule has 1 saturated heterocycles. The van der Waals surface area contributed by atoms with E-state index in [1.165, 1.54) is 24.6 Å². The summed E-state index contributed by atoms with van der Waals surface area (Å²) in [6.45, 7) is 0.705. The Balaban J connectivity index is 1.86. The van der Waals surface area contributed by atoms with Gasteiger partial charge in [-0.2, -0.15) is 4.31 Å². The zero-order valence-corrected chi connectivity index (χ0v) is 16.5. The second-order valence-electron chi connectivity index (χ2n) is 7.16. The lowest BCUT2D eigenvalue weighted by atomic mass is 9.88. The summed E-state index contributed by atoms with van der Waals surface area (Å²) in [5.74, 6) is 1.51. The second kappa shape index (κ2) is 7.08. The topological polar surface area (TPSA) is 76.1 Å².